The van der Waals surface area contributed by atoms with Crippen molar-refractivity contribution in [1.82, 2.24) is 0 Å². The number of hydrogen-bond donors (Lipinski definition) is 1. The van der Waals surface area contributed by atoms with Crippen molar-refractivity contribution in [1.29, 1.82) is 0 Å². The number of rotatable bonds is 5. The molecule has 0 saturated heterocycles. The molecule has 1 aliphatic carbocycles. The minimum absolute atomic E-state index is 0.0784. The van der Waals surface area contributed by atoms with E-state index in [1.165, 1.54) is 5.57 Å². The van der Waals surface area contributed by atoms with Crippen molar-refractivity contribution in [2.24, 2.45) is 0 Å². The highest BCUT2D eigenvalue weighted by Crippen LogP contribution is 2.54. The molecule has 1 spiro atoms. The monoisotopic (exact) mass is 460 g/mol. The number of benzene rings is 1. The summed E-state index contributed by atoms with van der Waals surface area (Å²) in [6.07, 6.45) is 5.37. The zero-order chi connectivity index (χ0) is 23.5. The third-order valence-corrected chi connectivity index (χ3v) is 12.5. The van der Waals surface area contributed by atoms with Gasteiger partial charge in [0, 0.05) is 30.2 Å². The molecule has 0 unspecified atom stereocenters. The number of methoxy groups -OCH3 is 3. The zero-order valence-corrected chi connectivity index (χ0v) is 21.7. The van der Waals surface area contributed by atoms with Crippen LogP contribution in [-0.4, -0.2) is 64.3 Å². The summed E-state index contributed by atoms with van der Waals surface area (Å²) in [5.74, 6) is 1.32. The number of aliphatic hydroxyl groups excluding tert-OH is 1. The Balaban J connectivity index is 1.84. The summed E-state index contributed by atoms with van der Waals surface area (Å²) in [6.45, 7) is 11.9. The van der Waals surface area contributed by atoms with Crippen LogP contribution in [0.1, 0.15) is 50.8 Å². The molecule has 2 heterocycles. The van der Waals surface area contributed by atoms with E-state index in [1.54, 1.807) is 21.3 Å². The van der Waals surface area contributed by atoms with Gasteiger partial charge in [-0.25, -0.2) is 4.58 Å². The van der Waals surface area contributed by atoms with E-state index in [2.05, 4.69) is 50.7 Å². The highest BCUT2D eigenvalue weighted by atomic mass is 28.4. The molecule has 0 amide bonds. The minimum atomic E-state index is -1.97. The first-order chi connectivity index (χ1) is 15.0. The molecule has 2 aliphatic heterocycles. The molecule has 0 saturated carbocycles. The smallest absolute Gasteiger partial charge is 0.212 e. The maximum Gasteiger partial charge on any atom is 0.212 e. The van der Waals surface area contributed by atoms with Gasteiger partial charge in [0.1, 0.15) is 12.3 Å². The van der Waals surface area contributed by atoms with E-state index in [-0.39, 0.29) is 22.8 Å². The summed E-state index contributed by atoms with van der Waals surface area (Å²) in [6, 6.07) is 3.97. The molecule has 0 fully saturated rings. The van der Waals surface area contributed by atoms with Gasteiger partial charge in [-0.15, -0.1) is 0 Å². The molecule has 1 aromatic rings. The summed E-state index contributed by atoms with van der Waals surface area (Å²) in [5, 5.41) is 11.1. The van der Waals surface area contributed by atoms with Gasteiger partial charge in [0.15, 0.2) is 26.4 Å². The van der Waals surface area contributed by atoms with Gasteiger partial charge in [0.2, 0.25) is 5.54 Å². The maximum absolute atomic E-state index is 11.0. The highest BCUT2D eigenvalue weighted by molar-refractivity contribution is 6.74. The Morgan fingerprint density at radius 2 is 1.75 bits per heavy atom. The van der Waals surface area contributed by atoms with Crippen LogP contribution < -0.4 is 9.47 Å². The van der Waals surface area contributed by atoms with Crippen molar-refractivity contribution in [3.05, 3.63) is 34.9 Å². The first kappa shape index (κ1) is 23.5. The lowest BCUT2D eigenvalue weighted by atomic mass is 9.69. The fourth-order valence-electron chi connectivity index (χ4n) is 5.21. The number of aliphatic hydroxyl groups is 1. The van der Waals surface area contributed by atoms with Crippen LogP contribution in [0.25, 0.3) is 0 Å². The van der Waals surface area contributed by atoms with E-state index in [1.807, 2.05) is 12.1 Å². The van der Waals surface area contributed by atoms with Gasteiger partial charge in [-0.3, -0.25) is 0 Å². The van der Waals surface area contributed by atoms with Crippen LogP contribution in [0.4, 0.5) is 0 Å². The average Bonchev–Trinajstić information content (AvgIpc) is 3.09. The van der Waals surface area contributed by atoms with Gasteiger partial charge in [-0.05, 0) is 36.3 Å². The molecule has 4 atom stereocenters. The Morgan fingerprint density at radius 3 is 2.34 bits per heavy atom. The van der Waals surface area contributed by atoms with E-state index in [0.29, 0.717) is 18.0 Å². The molecule has 32 heavy (non-hydrogen) atoms. The molecule has 0 radical (unpaired) electrons. The fourth-order valence-corrected chi connectivity index (χ4v) is 6.46. The summed E-state index contributed by atoms with van der Waals surface area (Å²) in [4.78, 5) is 0. The first-order valence-electron chi connectivity index (χ1n) is 11.4. The van der Waals surface area contributed by atoms with Crippen molar-refractivity contribution in [2.75, 3.05) is 27.9 Å². The zero-order valence-electron chi connectivity index (χ0n) is 20.7. The second-order valence-electron chi connectivity index (χ2n) is 10.7. The Morgan fingerprint density at radius 1 is 1.09 bits per heavy atom. The van der Waals surface area contributed by atoms with Gasteiger partial charge in [0.25, 0.3) is 0 Å². The average molecular weight is 461 g/mol. The molecule has 1 N–H and O–H groups in total. The molecular formula is C25H38NO5Si+. The van der Waals surface area contributed by atoms with Gasteiger partial charge >= 0.3 is 0 Å². The molecule has 4 rings (SSSR count). The SMILES string of the molecule is COc1cc2c(cc1OC)[C@]13C[C@H](OC)[C@H](O[Si](C)(C)C(C)(C)C)C=C1CC=[N+]3C[C@H]2O. The van der Waals surface area contributed by atoms with Crippen LogP contribution in [0.15, 0.2) is 23.8 Å². The van der Waals surface area contributed by atoms with Crippen molar-refractivity contribution in [3.63, 3.8) is 0 Å². The van der Waals surface area contributed by atoms with Crippen molar-refractivity contribution in [3.8, 4) is 11.5 Å². The van der Waals surface area contributed by atoms with Crippen LogP contribution in [0.5, 0.6) is 11.5 Å². The molecule has 0 aromatic heterocycles. The van der Waals surface area contributed by atoms with Crippen molar-refractivity contribution >= 4 is 14.5 Å². The quantitative estimate of drug-likeness (QED) is 0.406. The lowest BCUT2D eigenvalue weighted by molar-refractivity contribution is -0.614. The van der Waals surface area contributed by atoms with Gasteiger partial charge in [-0.1, -0.05) is 20.8 Å². The predicted molar refractivity (Wildman–Crippen MR) is 128 cm³/mol. The molecule has 176 valence electrons. The van der Waals surface area contributed by atoms with Crippen LogP contribution in [-0.2, 0) is 14.7 Å². The normalized spacial score (nSPS) is 29.5. The standard InChI is InChI=1S/C25H38NO5Si/c1-24(2,3)32(7,8)31-22-11-16-9-10-26-15-19(27)17-12-20(28-4)21(29-5)13-18(17)25(16,26)14-23(22)30-6/h10-13,19,22-23,27H,9,14-15H2,1-8H3/q+1/t19-,22-,23+,25+/m1/s1. The van der Waals surface area contributed by atoms with E-state index < -0.39 is 14.4 Å². The highest BCUT2D eigenvalue weighted by Gasteiger charge is 2.60. The second-order valence-corrected chi connectivity index (χ2v) is 15.5. The maximum atomic E-state index is 11.0. The molecule has 6 nitrogen and oxygen atoms in total. The van der Waals surface area contributed by atoms with Gasteiger partial charge in [-0.2, -0.15) is 0 Å². The van der Waals surface area contributed by atoms with Gasteiger partial charge in [0.05, 0.1) is 32.8 Å². The Hall–Kier alpha value is -1.67. The Bertz CT molecular complexity index is 964. The first-order valence-corrected chi connectivity index (χ1v) is 14.4. The molecule has 1 aromatic carbocycles. The lowest BCUT2D eigenvalue weighted by Crippen LogP contribution is -2.54. The minimum Gasteiger partial charge on any atom is -0.493 e. The molecule has 7 heteroatoms. The van der Waals surface area contributed by atoms with Crippen LogP contribution in [0.3, 0.4) is 0 Å². The summed E-state index contributed by atoms with van der Waals surface area (Å²) in [5.41, 5.74) is 2.93. The summed E-state index contributed by atoms with van der Waals surface area (Å²) >= 11 is 0. The Kier molecular flexibility index (Phi) is 5.85. The van der Waals surface area contributed by atoms with Gasteiger partial charge < -0.3 is 23.7 Å². The van der Waals surface area contributed by atoms with E-state index in [4.69, 9.17) is 18.6 Å². The second kappa shape index (κ2) is 7.97. The van der Waals surface area contributed by atoms with Crippen molar-refractivity contribution < 1.29 is 28.3 Å². The third kappa shape index (κ3) is 3.45. The molecule has 3 aliphatic rings. The van der Waals surface area contributed by atoms with Crippen LogP contribution in [0.2, 0.25) is 18.1 Å². The summed E-state index contributed by atoms with van der Waals surface area (Å²) in [7, 11) is 3.08. The number of ether oxygens (including phenoxy) is 3. The summed E-state index contributed by atoms with van der Waals surface area (Å²) < 4.78 is 26.3. The number of hydrogen-bond acceptors (Lipinski definition) is 5. The largest absolute Gasteiger partial charge is 0.493 e. The van der Waals surface area contributed by atoms with Crippen LogP contribution in [0, 0.1) is 0 Å². The van der Waals surface area contributed by atoms with E-state index >= 15 is 0 Å². The van der Waals surface area contributed by atoms with E-state index in [9.17, 15) is 5.11 Å². The van der Waals surface area contributed by atoms with E-state index in [0.717, 1.165) is 24.0 Å². The topological polar surface area (TPSA) is 60.2 Å². The number of nitrogens with zero attached hydrogens (tertiary/aromatic N) is 1. The Labute approximate surface area is 193 Å². The molecular weight excluding hydrogens is 422 g/mol. The fraction of sp³-hybridized carbons (Fsp3) is 0.640. The van der Waals surface area contributed by atoms with Crippen molar-refractivity contribution in [2.45, 2.75) is 75.6 Å². The predicted octanol–water partition coefficient (Wildman–Crippen LogP) is 4.17. The third-order valence-electron chi connectivity index (χ3n) is 8.05. The molecule has 0 bridgehead atoms. The lowest BCUT2D eigenvalue weighted by Gasteiger charge is -2.46. The van der Waals surface area contributed by atoms with Crippen LogP contribution >= 0.6 is 0 Å². The number of fused-ring (bicyclic) bond motifs is 1.